The number of halogens is 1. The molecule has 0 saturated heterocycles. The van der Waals surface area contributed by atoms with Crippen LogP contribution in [-0.2, 0) is 0 Å². The molecule has 0 aliphatic carbocycles. The SMILES string of the molecule is Nc1ccn(-c2cc(F)cc([N+](=O)[O-])c2)n1. The van der Waals surface area contributed by atoms with Crippen molar-refractivity contribution in [3.63, 3.8) is 0 Å². The fraction of sp³-hybridized carbons (Fsp3) is 0. The van der Waals surface area contributed by atoms with Crippen LogP contribution in [0.2, 0.25) is 0 Å². The molecule has 0 amide bonds. The van der Waals surface area contributed by atoms with Gasteiger partial charge in [0, 0.05) is 24.4 Å². The Labute approximate surface area is 89.3 Å². The van der Waals surface area contributed by atoms with Crippen molar-refractivity contribution >= 4 is 11.5 Å². The van der Waals surface area contributed by atoms with E-state index in [1.54, 1.807) is 0 Å². The first-order valence-corrected chi connectivity index (χ1v) is 4.33. The summed E-state index contributed by atoms with van der Waals surface area (Å²) in [5.74, 6) is -0.440. The van der Waals surface area contributed by atoms with Crippen LogP contribution >= 0.6 is 0 Å². The van der Waals surface area contributed by atoms with Crippen molar-refractivity contribution in [2.75, 3.05) is 5.73 Å². The molecule has 7 heteroatoms. The van der Waals surface area contributed by atoms with E-state index in [0.29, 0.717) is 0 Å². The molecule has 1 heterocycles. The summed E-state index contributed by atoms with van der Waals surface area (Å²) in [6.07, 6.45) is 1.49. The van der Waals surface area contributed by atoms with Gasteiger partial charge in [-0.15, -0.1) is 0 Å². The number of aromatic nitrogens is 2. The standard InChI is InChI=1S/C9H7FN4O2/c10-6-3-7(5-8(4-6)14(15)16)13-2-1-9(11)12-13/h1-5H,(H2,11,12). The lowest BCUT2D eigenvalue weighted by molar-refractivity contribution is -0.385. The third kappa shape index (κ3) is 1.83. The quantitative estimate of drug-likeness (QED) is 0.616. The third-order valence-electron chi connectivity index (χ3n) is 1.95. The number of hydrogen-bond donors (Lipinski definition) is 1. The molecule has 0 aliphatic heterocycles. The lowest BCUT2D eigenvalue weighted by atomic mass is 10.3. The maximum absolute atomic E-state index is 13.1. The molecule has 16 heavy (non-hydrogen) atoms. The Kier molecular flexibility index (Phi) is 2.28. The van der Waals surface area contributed by atoms with Gasteiger partial charge in [-0.25, -0.2) is 9.07 Å². The molecule has 0 aliphatic rings. The number of non-ortho nitro benzene ring substituents is 1. The molecule has 2 rings (SSSR count). The molecule has 6 nitrogen and oxygen atoms in total. The first-order valence-electron chi connectivity index (χ1n) is 4.33. The largest absolute Gasteiger partial charge is 0.382 e. The maximum atomic E-state index is 13.1. The van der Waals surface area contributed by atoms with Gasteiger partial charge >= 0.3 is 0 Å². The molecule has 2 N–H and O–H groups in total. The molecule has 0 saturated carbocycles. The Morgan fingerprint density at radius 2 is 2.19 bits per heavy atom. The first-order chi connectivity index (χ1) is 7.56. The zero-order valence-corrected chi connectivity index (χ0v) is 8.00. The van der Waals surface area contributed by atoms with Gasteiger partial charge in [-0.2, -0.15) is 5.10 Å². The number of hydrogen-bond acceptors (Lipinski definition) is 4. The lowest BCUT2D eigenvalue weighted by Gasteiger charge is -2.01. The number of anilines is 1. The Balaban J connectivity index is 2.53. The smallest absolute Gasteiger partial charge is 0.274 e. The van der Waals surface area contributed by atoms with E-state index >= 15 is 0 Å². The molecule has 0 spiro atoms. The van der Waals surface area contributed by atoms with Gasteiger partial charge in [0.1, 0.15) is 11.6 Å². The van der Waals surface area contributed by atoms with Crippen molar-refractivity contribution in [2.24, 2.45) is 0 Å². The number of nitrogens with zero attached hydrogens (tertiary/aromatic N) is 3. The fourth-order valence-electron chi connectivity index (χ4n) is 1.28. The molecule has 0 atom stereocenters. The monoisotopic (exact) mass is 222 g/mol. The van der Waals surface area contributed by atoms with Gasteiger partial charge in [-0.1, -0.05) is 0 Å². The Bertz CT molecular complexity index is 552. The lowest BCUT2D eigenvalue weighted by Crippen LogP contribution is -1.99. The van der Waals surface area contributed by atoms with E-state index in [9.17, 15) is 14.5 Å². The van der Waals surface area contributed by atoms with E-state index in [1.165, 1.54) is 23.0 Å². The van der Waals surface area contributed by atoms with E-state index in [1.807, 2.05) is 0 Å². The number of rotatable bonds is 2. The second-order valence-corrected chi connectivity index (χ2v) is 3.11. The Morgan fingerprint density at radius 3 is 2.75 bits per heavy atom. The van der Waals surface area contributed by atoms with Crippen molar-refractivity contribution in [3.8, 4) is 5.69 Å². The minimum atomic E-state index is -0.696. The van der Waals surface area contributed by atoms with E-state index in [2.05, 4.69) is 5.10 Å². The number of nitrogen functional groups attached to an aromatic ring is 1. The average Bonchev–Trinajstić information content (AvgIpc) is 2.64. The molecule has 0 fully saturated rings. The van der Waals surface area contributed by atoms with Crippen LogP contribution in [0, 0.1) is 15.9 Å². The molecule has 82 valence electrons. The zero-order chi connectivity index (χ0) is 11.7. The fourth-order valence-corrected chi connectivity index (χ4v) is 1.28. The van der Waals surface area contributed by atoms with Gasteiger partial charge in [0.25, 0.3) is 5.69 Å². The zero-order valence-electron chi connectivity index (χ0n) is 8.00. The van der Waals surface area contributed by atoms with Gasteiger partial charge in [-0.3, -0.25) is 10.1 Å². The van der Waals surface area contributed by atoms with Crippen LogP contribution in [0.5, 0.6) is 0 Å². The van der Waals surface area contributed by atoms with Crippen LogP contribution in [0.3, 0.4) is 0 Å². The van der Waals surface area contributed by atoms with Gasteiger partial charge in [0.2, 0.25) is 0 Å². The van der Waals surface area contributed by atoms with Crippen LogP contribution in [-0.4, -0.2) is 14.7 Å². The summed E-state index contributed by atoms with van der Waals surface area (Å²) in [4.78, 5) is 9.86. The van der Waals surface area contributed by atoms with Gasteiger partial charge in [0.05, 0.1) is 16.7 Å². The van der Waals surface area contributed by atoms with Crippen molar-refractivity contribution in [1.82, 2.24) is 9.78 Å². The molecule has 2 aromatic rings. The first kappa shape index (κ1) is 10.1. The summed E-state index contributed by atoms with van der Waals surface area (Å²) in [6.45, 7) is 0. The van der Waals surface area contributed by atoms with E-state index in [-0.39, 0.29) is 17.2 Å². The normalized spacial score (nSPS) is 10.3. The van der Waals surface area contributed by atoms with Crippen LogP contribution in [0.1, 0.15) is 0 Å². The predicted molar refractivity (Wildman–Crippen MR) is 54.6 cm³/mol. The molecular weight excluding hydrogens is 215 g/mol. The summed E-state index contributed by atoms with van der Waals surface area (Å²) in [6, 6.07) is 4.71. The predicted octanol–water partition coefficient (Wildman–Crippen LogP) is 1.50. The Hall–Kier alpha value is -2.44. The highest BCUT2D eigenvalue weighted by Gasteiger charge is 2.11. The summed E-state index contributed by atoms with van der Waals surface area (Å²) in [5, 5.41) is 14.4. The van der Waals surface area contributed by atoms with Crippen molar-refractivity contribution in [2.45, 2.75) is 0 Å². The molecule has 1 aromatic carbocycles. The molecule has 1 aromatic heterocycles. The minimum absolute atomic E-state index is 0.253. The van der Waals surface area contributed by atoms with E-state index in [0.717, 1.165) is 12.1 Å². The van der Waals surface area contributed by atoms with Gasteiger partial charge in [-0.05, 0) is 0 Å². The van der Waals surface area contributed by atoms with Crippen LogP contribution < -0.4 is 5.73 Å². The summed E-state index contributed by atoms with van der Waals surface area (Å²) in [7, 11) is 0. The van der Waals surface area contributed by atoms with Crippen molar-refractivity contribution in [1.29, 1.82) is 0 Å². The van der Waals surface area contributed by atoms with Crippen LogP contribution in [0.25, 0.3) is 5.69 Å². The summed E-state index contributed by atoms with van der Waals surface area (Å²) in [5.41, 5.74) is 5.32. The maximum Gasteiger partial charge on any atom is 0.274 e. The van der Waals surface area contributed by atoms with Crippen molar-refractivity contribution in [3.05, 3.63) is 46.4 Å². The van der Waals surface area contributed by atoms with E-state index in [4.69, 9.17) is 5.73 Å². The number of nitro benzene ring substituents is 1. The minimum Gasteiger partial charge on any atom is -0.382 e. The molecular formula is C9H7FN4O2. The summed E-state index contributed by atoms with van der Waals surface area (Å²) >= 11 is 0. The molecule has 0 bridgehead atoms. The second kappa shape index (κ2) is 3.61. The Morgan fingerprint density at radius 1 is 1.44 bits per heavy atom. The number of nitrogens with two attached hydrogens (primary N) is 1. The molecule has 0 unspecified atom stereocenters. The van der Waals surface area contributed by atoms with Gasteiger partial charge < -0.3 is 5.73 Å². The van der Waals surface area contributed by atoms with Gasteiger partial charge in [0.15, 0.2) is 0 Å². The van der Waals surface area contributed by atoms with E-state index < -0.39 is 10.7 Å². The highest BCUT2D eigenvalue weighted by molar-refractivity contribution is 5.44. The van der Waals surface area contributed by atoms with Crippen molar-refractivity contribution < 1.29 is 9.31 Å². The molecule has 0 radical (unpaired) electrons. The third-order valence-corrected chi connectivity index (χ3v) is 1.95. The van der Waals surface area contributed by atoms with Crippen LogP contribution in [0.15, 0.2) is 30.5 Å². The number of nitro groups is 1. The average molecular weight is 222 g/mol. The number of benzene rings is 1. The highest BCUT2D eigenvalue weighted by Crippen LogP contribution is 2.19. The van der Waals surface area contributed by atoms with Crippen LogP contribution in [0.4, 0.5) is 15.9 Å². The highest BCUT2D eigenvalue weighted by atomic mass is 19.1. The second-order valence-electron chi connectivity index (χ2n) is 3.11. The summed E-state index contributed by atoms with van der Waals surface area (Å²) < 4.78 is 14.4. The topological polar surface area (TPSA) is 87.0 Å².